The van der Waals surface area contributed by atoms with Crippen LogP contribution in [0.1, 0.15) is 24.6 Å². The largest absolute Gasteiger partial charge is 0.345 e. The third kappa shape index (κ3) is 3.05. The van der Waals surface area contributed by atoms with E-state index in [9.17, 15) is 9.00 Å². The number of carbonyl (C=O) groups is 1. The molecule has 0 bridgehead atoms. The maximum Gasteiger partial charge on any atom is 0.209 e. The molecule has 4 rings (SSSR count). The van der Waals surface area contributed by atoms with Crippen LogP contribution in [0.5, 0.6) is 0 Å². The molecule has 1 saturated heterocycles. The van der Waals surface area contributed by atoms with E-state index in [1.165, 1.54) is 0 Å². The molecule has 1 amide bonds. The van der Waals surface area contributed by atoms with Gasteiger partial charge in [-0.15, -0.1) is 0 Å². The van der Waals surface area contributed by atoms with Gasteiger partial charge >= 0.3 is 0 Å². The molecule has 2 atom stereocenters. The van der Waals surface area contributed by atoms with Crippen molar-refractivity contribution in [3.05, 3.63) is 54.5 Å². The molecule has 0 radical (unpaired) electrons. The molecule has 0 N–H and O–H groups in total. The van der Waals surface area contributed by atoms with E-state index < -0.39 is 10.8 Å². The lowest BCUT2D eigenvalue weighted by Gasteiger charge is -2.29. The summed E-state index contributed by atoms with van der Waals surface area (Å²) in [6.45, 7) is 1.54. The first kappa shape index (κ1) is 17.0. The van der Waals surface area contributed by atoms with Crippen molar-refractivity contribution in [3.8, 4) is 11.3 Å². The first-order valence-corrected chi connectivity index (χ1v) is 10.3. The highest BCUT2D eigenvalue weighted by molar-refractivity contribution is 7.84. The van der Waals surface area contributed by atoms with Gasteiger partial charge in [-0.1, -0.05) is 18.2 Å². The monoisotopic (exact) mass is 367 g/mol. The van der Waals surface area contributed by atoms with Crippen LogP contribution in [0, 0.1) is 0 Å². The minimum atomic E-state index is -0.989. The Labute approximate surface area is 155 Å². The zero-order chi connectivity index (χ0) is 18.1. The number of nitrogens with zero attached hydrogens (tertiary/aromatic N) is 3. The Hall–Kier alpha value is -2.47. The molecule has 3 aromatic rings. The molecular weight excluding hydrogens is 346 g/mol. The van der Waals surface area contributed by atoms with Gasteiger partial charge in [-0.05, 0) is 37.1 Å². The van der Waals surface area contributed by atoms with E-state index in [0.29, 0.717) is 6.54 Å². The van der Waals surface area contributed by atoms with Gasteiger partial charge in [-0.2, -0.15) is 0 Å². The minimum absolute atomic E-state index is 0.236. The Kier molecular flexibility index (Phi) is 4.59. The molecule has 6 heteroatoms. The molecule has 0 aliphatic carbocycles. The lowest BCUT2D eigenvalue weighted by Crippen LogP contribution is -2.33. The van der Waals surface area contributed by atoms with Gasteiger partial charge in [0.1, 0.15) is 5.82 Å². The quantitative estimate of drug-likeness (QED) is 0.666. The van der Waals surface area contributed by atoms with Crippen molar-refractivity contribution in [2.24, 2.45) is 0 Å². The molecule has 2 aromatic heterocycles. The average Bonchev–Trinajstić information content (AvgIpc) is 3.08. The summed E-state index contributed by atoms with van der Waals surface area (Å²) < 4.78 is 13.8. The molecular formula is C20H21N3O2S. The molecule has 5 nitrogen and oxygen atoms in total. The number of hydrogen-bond acceptors (Lipinski definition) is 3. The predicted octanol–water partition coefficient (Wildman–Crippen LogP) is 3.07. The van der Waals surface area contributed by atoms with Crippen molar-refractivity contribution in [1.82, 2.24) is 14.3 Å². The number of benzene rings is 1. The van der Waals surface area contributed by atoms with Crippen molar-refractivity contribution in [1.29, 1.82) is 0 Å². The number of rotatable bonds is 4. The van der Waals surface area contributed by atoms with Crippen molar-refractivity contribution >= 4 is 22.7 Å². The van der Waals surface area contributed by atoms with E-state index in [0.717, 1.165) is 53.3 Å². The number of amides is 1. The van der Waals surface area contributed by atoms with Crippen LogP contribution in [0.4, 0.5) is 0 Å². The summed E-state index contributed by atoms with van der Waals surface area (Å²) in [5.41, 5.74) is 2.99. The van der Waals surface area contributed by atoms with Crippen molar-refractivity contribution < 1.29 is 9.00 Å². The maximum absolute atomic E-state index is 11.6. The summed E-state index contributed by atoms with van der Waals surface area (Å²) in [5.74, 6) is 1.24. The van der Waals surface area contributed by atoms with Crippen LogP contribution < -0.4 is 0 Å². The van der Waals surface area contributed by atoms with Crippen LogP contribution >= 0.6 is 0 Å². The van der Waals surface area contributed by atoms with E-state index in [-0.39, 0.29) is 5.92 Å². The van der Waals surface area contributed by atoms with E-state index in [4.69, 9.17) is 4.98 Å². The van der Waals surface area contributed by atoms with E-state index >= 15 is 0 Å². The Morgan fingerprint density at radius 1 is 1.19 bits per heavy atom. The molecule has 3 heterocycles. The summed E-state index contributed by atoms with van der Waals surface area (Å²) in [5, 5.41) is 0. The summed E-state index contributed by atoms with van der Waals surface area (Å²) >= 11 is 0. The Bertz CT molecular complexity index is 965. The highest BCUT2D eigenvalue weighted by Gasteiger charge is 2.25. The van der Waals surface area contributed by atoms with Gasteiger partial charge in [0.2, 0.25) is 6.41 Å². The predicted molar refractivity (Wildman–Crippen MR) is 103 cm³/mol. The highest BCUT2D eigenvalue weighted by Crippen LogP contribution is 2.32. The number of aromatic nitrogens is 2. The molecule has 1 aliphatic heterocycles. The normalized spacial score (nSPS) is 18.8. The first-order chi connectivity index (χ1) is 12.7. The number of carbonyl (C=O) groups excluding carboxylic acids is 1. The fraction of sp³-hybridized carbons (Fsp3) is 0.300. The van der Waals surface area contributed by atoms with Crippen molar-refractivity contribution in [2.45, 2.75) is 23.7 Å². The molecule has 1 aromatic carbocycles. The summed E-state index contributed by atoms with van der Waals surface area (Å²) in [6.07, 6.45) is 6.69. The molecule has 26 heavy (non-hydrogen) atoms. The van der Waals surface area contributed by atoms with Crippen LogP contribution in [0.2, 0.25) is 0 Å². The van der Waals surface area contributed by atoms with Crippen LogP contribution in [0.15, 0.2) is 53.6 Å². The van der Waals surface area contributed by atoms with Gasteiger partial charge in [-0.3, -0.25) is 9.00 Å². The number of piperidine rings is 1. The smallest absolute Gasteiger partial charge is 0.209 e. The van der Waals surface area contributed by atoms with Gasteiger partial charge in [0, 0.05) is 52.7 Å². The number of pyridine rings is 1. The second-order valence-electron chi connectivity index (χ2n) is 6.69. The molecule has 134 valence electrons. The van der Waals surface area contributed by atoms with Gasteiger partial charge in [0.15, 0.2) is 0 Å². The van der Waals surface area contributed by atoms with Gasteiger partial charge in [0.25, 0.3) is 0 Å². The van der Waals surface area contributed by atoms with Crippen LogP contribution in [0.3, 0.4) is 0 Å². The van der Waals surface area contributed by atoms with Crippen LogP contribution in [-0.2, 0) is 15.6 Å². The Morgan fingerprint density at radius 3 is 2.73 bits per heavy atom. The van der Waals surface area contributed by atoms with Crippen molar-refractivity contribution in [3.63, 3.8) is 0 Å². The maximum atomic E-state index is 11.6. The topological polar surface area (TPSA) is 54.7 Å². The fourth-order valence-corrected chi connectivity index (χ4v) is 4.20. The zero-order valence-corrected chi connectivity index (χ0v) is 15.5. The van der Waals surface area contributed by atoms with Gasteiger partial charge < -0.3 is 9.30 Å². The third-order valence-corrected chi connectivity index (χ3v) is 5.94. The zero-order valence-electron chi connectivity index (χ0n) is 14.7. The van der Waals surface area contributed by atoms with Crippen LogP contribution in [-0.4, -0.2) is 44.2 Å². The molecule has 0 saturated carbocycles. The number of likely N-dealkylation sites (tertiary alicyclic amines) is 1. The van der Waals surface area contributed by atoms with E-state index in [1.54, 1.807) is 6.26 Å². The summed E-state index contributed by atoms with van der Waals surface area (Å²) in [4.78, 5) is 18.8. The average molecular weight is 367 g/mol. The van der Waals surface area contributed by atoms with E-state index in [1.807, 2.05) is 47.5 Å². The molecule has 0 spiro atoms. The fourth-order valence-electron chi connectivity index (χ4n) is 3.68. The third-order valence-electron chi connectivity index (χ3n) is 5.00. The van der Waals surface area contributed by atoms with Crippen molar-refractivity contribution in [2.75, 3.05) is 19.3 Å². The Balaban J connectivity index is 1.79. The summed E-state index contributed by atoms with van der Waals surface area (Å²) in [6, 6.07) is 13.8. The second kappa shape index (κ2) is 7.03. The summed E-state index contributed by atoms with van der Waals surface area (Å²) in [7, 11) is -0.989. The van der Waals surface area contributed by atoms with Gasteiger partial charge in [0.05, 0.1) is 11.2 Å². The number of imidazole rings is 1. The number of hydrogen-bond donors (Lipinski definition) is 0. The first-order valence-electron chi connectivity index (χ1n) is 8.77. The number of fused-ring (bicyclic) bond motifs is 1. The lowest BCUT2D eigenvalue weighted by molar-refractivity contribution is -0.119. The highest BCUT2D eigenvalue weighted by atomic mass is 32.2. The lowest BCUT2D eigenvalue weighted by atomic mass is 9.97. The SMILES string of the molecule is CS(=O)c1ccc(-c2nc(C3CCCN(C=O)C3)n3ccccc23)cc1. The second-order valence-corrected chi connectivity index (χ2v) is 8.07. The van der Waals surface area contributed by atoms with Crippen LogP contribution in [0.25, 0.3) is 16.8 Å². The molecule has 1 aliphatic rings. The molecule has 2 unspecified atom stereocenters. The standard InChI is InChI=1S/C20H21N3O2S/c1-26(25)17-9-7-15(8-10-17)19-18-6-2-3-12-23(18)20(21-19)16-5-4-11-22(13-16)14-24/h2-3,6-10,12,14,16H,4-5,11,13H2,1H3. The molecule has 1 fully saturated rings. The van der Waals surface area contributed by atoms with Gasteiger partial charge in [-0.25, -0.2) is 4.98 Å². The Morgan fingerprint density at radius 2 is 2.00 bits per heavy atom. The minimum Gasteiger partial charge on any atom is -0.345 e. The van der Waals surface area contributed by atoms with E-state index in [2.05, 4.69) is 10.5 Å².